The van der Waals surface area contributed by atoms with Gasteiger partial charge in [-0.1, -0.05) is 78.7 Å². The Morgan fingerprint density at radius 3 is 2.52 bits per heavy atom. The van der Waals surface area contributed by atoms with Crippen LogP contribution in [0, 0.1) is 11.8 Å². The van der Waals surface area contributed by atoms with Gasteiger partial charge in [-0.2, -0.15) is 0 Å². The average Bonchev–Trinajstić information content (AvgIpc) is 3.37. The standard InChI is InChI=1S/C31H29NS/c1-2-7-20(8-3-1)22-13-14-26-27(30(22)31-32-17-18-33-31)16-15-25-23-11-4-5-12-24(23)28(19-29(25)26)21-9-6-10-21/h1-4,7-8,11,13-16,21,28H,5-6,9-10,12,17-19H2. The van der Waals surface area contributed by atoms with Crippen LogP contribution >= 0.6 is 11.8 Å². The molecule has 1 aliphatic heterocycles. The average molecular weight is 448 g/mol. The van der Waals surface area contributed by atoms with Crippen LogP contribution in [0.2, 0.25) is 0 Å². The van der Waals surface area contributed by atoms with Gasteiger partial charge in [0, 0.05) is 17.9 Å². The van der Waals surface area contributed by atoms with Gasteiger partial charge in [0.25, 0.3) is 0 Å². The summed E-state index contributed by atoms with van der Waals surface area (Å²) < 4.78 is 0. The van der Waals surface area contributed by atoms with E-state index < -0.39 is 0 Å². The minimum Gasteiger partial charge on any atom is -0.277 e. The number of benzene rings is 3. The van der Waals surface area contributed by atoms with E-state index in [0.29, 0.717) is 0 Å². The second kappa shape index (κ2) is 8.02. The van der Waals surface area contributed by atoms with Crippen molar-refractivity contribution in [2.45, 2.75) is 38.5 Å². The number of hydrogen-bond acceptors (Lipinski definition) is 2. The quantitative estimate of drug-likeness (QED) is 0.395. The number of hydrogen-bond donors (Lipinski definition) is 0. The number of allylic oxidation sites excluding steroid dienone is 4. The molecule has 1 fully saturated rings. The molecule has 3 aromatic rings. The number of rotatable bonds is 3. The van der Waals surface area contributed by atoms with Crippen molar-refractivity contribution >= 4 is 33.2 Å². The third-order valence-corrected chi connectivity index (χ3v) is 9.28. The molecule has 0 amide bonds. The first-order valence-corrected chi connectivity index (χ1v) is 13.6. The zero-order valence-corrected chi connectivity index (χ0v) is 19.8. The van der Waals surface area contributed by atoms with Gasteiger partial charge >= 0.3 is 0 Å². The van der Waals surface area contributed by atoms with Crippen LogP contribution in [0.5, 0.6) is 0 Å². The van der Waals surface area contributed by atoms with Crippen molar-refractivity contribution in [3.8, 4) is 11.1 Å². The molecule has 1 heterocycles. The highest BCUT2D eigenvalue weighted by Crippen LogP contribution is 2.50. The summed E-state index contributed by atoms with van der Waals surface area (Å²) in [5, 5.41) is 4.06. The summed E-state index contributed by atoms with van der Waals surface area (Å²) in [6.07, 6.45) is 12.8. The van der Waals surface area contributed by atoms with E-state index in [0.717, 1.165) is 24.1 Å². The van der Waals surface area contributed by atoms with E-state index in [1.807, 2.05) is 11.8 Å². The molecule has 0 radical (unpaired) electrons. The predicted octanol–water partition coefficient (Wildman–Crippen LogP) is 8.08. The fourth-order valence-corrected chi connectivity index (χ4v) is 7.40. The van der Waals surface area contributed by atoms with Gasteiger partial charge in [0.15, 0.2) is 0 Å². The third-order valence-electron chi connectivity index (χ3n) is 8.29. The smallest absolute Gasteiger partial charge is 0.0990 e. The number of thioether (sulfide) groups is 1. The monoisotopic (exact) mass is 447 g/mol. The molecule has 1 nitrogen and oxygen atoms in total. The largest absolute Gasteiger partial charge is 0.277 e. The summed E-state index contributed by atoms with van der Waals surface area (Å²) in [5.41, 5.74) is 10.3. The molecule has 2 heteroatoms. The molecule has 1 saturated carbocycles. The Bertz CT molecular complexity index is 1340. The fourth-order valence-electron chi connectivity index (χ4n) is 6.48. The van der Waals surface area contributed by atoms with Gasteiger partial charge in [-0.3, -0.25) is 4.99 Å². The lowest BCUT2D eigenvalue weighted by Gasteiger charge is -2.41. The van der Waals surface area contributed by atoms with Gasteiger partial charge in [0.1, 0.15) is 0 Å². The zero-order chi connectivity index (χ0) is 21.8. The Kier molecular flexibility index (Phi) is 4.83. The van der Waals surface area contributed by atoms with Crippen LogP contribution in [0.15, 0.2) is 77.3 Å². The van der Waals surface area contributed by atoms with Crippen LogP contribution in [-0.2, 0) is 6.42 Å². The highest BCUT2D eigenvalue weighted by Gasteiger charge is 2.36. The predicted molar refractivity (Wildman–Crippen MR) is 143 cm³/mol. The second-order valence-electron chi connectivity index (χ2n) is 9.96. The van der Waals surface area contributed by atoms with Crippen LogP contribution in [0.3, 0.4) is 0 Å². The van der Waals surface area contributed by atoms with Crippen LogP contribution in [0.25, 0.3) is 27.5 Å². The Morgan fingerprint density at radius 1 is 0.879 bits per heavy atom. The summed E-state index contributed by atoms with van der Waals surface area (Å²) >= 11 is 1.92. The summed E-state index contributed by atoms with van der Waals surface area (Å²) in [6, 6.07) is 20.5. The van der Waals surface area contributed by atoms with E-state index >= 15 is 0 Å². The van der Waals surface area contributed by atoms with E-state index in [2.05, 4.69) is 66.7 Å². The van der Waals surface area contributed by atoms with Gasteiger partial charge in [-0.05, 0) is 82.5 Å². The van der Waals surface area contributed by atoms with Crippen molar-refractivity contribution in [2.75, 3.05) is 12.3 Å². The summed E-state index contributed by atoms with van der Waals surface area (Å²) in [5.74, 6) is 2.73. The topological polar surface area (TPSA) is 12.4 Å². The third kappa shape index (κ3) is 3.18. The summed E-state index contributed by atoms with van der Waals surface area (Å²) in [4.78, 5) is 4.94. The molecule has 1 unspecified atom stereocenters. The molecule has 3 aromatic carbocycles. The number of nitrogens with zero attached hydrogens (tertiary/aromatic N) is 1. The van der Waals surface area contributed by atoms with Crippen LogP contribution in [0.1, 0.15) is 48.8 Å². The van der Waals surface area contributed by atoms with Crippen LogP contribution < -0.4 is 0 Å². The van der Waals surface area contributed by atoms with Crippen LogP contribution in [0.4, 0.5) is 0 Å². The van der Waals surface area contributed by atoms with Crippen molar-refractivity contribution in [3.05, 3.63) is 89.0 Å². The van der Waals surface area contributed by atoms with E-state index in [1.54, 1.807) is 16.7 Å². The number of aliphatic imine (C=N–C) groups is 1. The first-order chi connectivity index (χ1) is 16.4. The van der Waals surface area contributed by atoms with Crippen molar-refractivity contribution in [1.29, 1.82) is 0 Å². The highest BCUT2D eigenvalue weighted by molar-refractivity contribution is 8.14. The first kappa shape index (κ1) is 19.9. The van der Waals surface area contributed by atoms with E-state index in [-0.39, 0.29) is 0 Å². The molecule has 1 atom stereocenters. The van der Waals surface area contributed by atoms with E-state index in [9.17, 15) is 0 Å². The molecule has 0 spiro atoms. The van der Waals surface area contributed by atoms with Gasteiger partial charge in [-0.25, -0.2) is 0 Å². The lowest BCUT2D eigenvalue weighted by atomic mass is 9.64. The summed E-state index contributed by atoms with van der Waals surface area (Å²) in [7, 11) is 0. The molecule has 0 bridgehead atoms. The molecule has 0 N–H and O–H groups in total. The number of fused-ring (bicyclic) bond motifs is 4. The maximum atomic E-state index is 4.94. The molecular formula is C31H29NS. The first-order valence-electron chi connectivity index (χ1n) is 12.6. The SMILES string of the molecule is C1=CC2=C(CC1)C(C1CCC1)Cc1c2ccc2c(C3=NCCS3)c(-c3ccccc3)ccc12. The molecule has 0 saturated heterocycles. The van der Waals surface area contributed by atoms with Crippen LogP contribution in [-0.4, -0.2) is 17.3 Å². The molecule has 4 aliphatic rings. The molecule has 33 heavy (non-hydrogen) atoms. The van der Waals surface area contributed by atoms with E-state index in [4.69, 9.17) is 4.99 Å². The van der Waals surface area contributed by atoms with Gasteiger partial charge in [-0.15, -0.1) is 11.8 Å². The normalized spacial score (nSPS) is 22.2. The Balaban J connectivity index is 1.47. The Hall–Kier alpha value is -2.58. The Labute approximate surface area is 200 Å². The molecule has 7 rings (SSSR count). The molecule has 3 aliphatic carbocycles. The minimum absolute atomic E-state index is 0.743. The van der Waals surface area contributed by atoms with Gasteiger partial charge in [0.05, 0.1) is 5.04 Å². The second-order valence-corrected chi connectivity index (χ2v) is 11.0. The fraction of sp³-hybridized carbons (Fsp3) is 0.323. The Morgan fingerprint density at radius 2 is 1.73 bits per heavy atom. The molecular weight excluding hydrogens is 418 g/mol. The lowest BCUT2D eigenvalue weighted by molar-refractivity contribution is 0.227. The van der Waals surface area contributed by atoms with Crippen molar-refractivity contribution in [3.63, 3.8) is 0 Å². The van der Waals surface area contributed by atoms with Gasteiger partial charge < -0.3 is 0 Å². The van der Waals surface area contributed by atoms with Gasteiger partial charge in [0.2, 0.25) is 0 Å². The summed E-state index contributed by atoms with van der Waals surface area (Å²) in [6.45, 7) is 0.931. The molecule has 164 valence electrons. The van der Waals surface area contributed by atoms with Crippen molar-refractivity contribution in [1.82, 2.24) is 0 Å². The minimum atomic E-state index is 0.743. The highest BCUT2D eigenvalue weighted by atomic mass is 32.2. The van der Waals surface area contributed by atoms with Crippen molar-refractivity contribution < 1.29 is 0 Å². The van der Waals surface area contributed by atoms with Crippen molar-refractivity contribution in [2.24, 2.45) is 16.8 Å². The maximum Gasteiger partial charge on any atom is 0.0990 e. The lowest BCUT2D eigenvalue weighted by Crippen LogP contribution is -2.29. The maximum absolute atomic E-state index is 4.94. The van der Waals surface area contributed by atoms with E-state index in [1.165, 1.54) is 76.6 Å². The zero-order valence-electron chi connectivity index (χ0n) is 19.0. The molecule has 0 aromatic heterocycles.